The van der Waals surface area contributed by atoms with Gasteiger partial charge >= 0.3 is 0 Å². The highest BCUT2D eigenvalue weighted by molar-refractivity contribution is 9.09. The summed E-state index contributed by atoms with van der Waals surface area (Å²) >= 11 is 3.45. The number of nitrogens with zero attached hydrogens (tertiary/aromatic N) is 4. The van der Waals surface area contributed by atoms with E-state index in [1.54, 1.807) is 4.80 Å². The lowest BCUT2D eigenvalue weighted by Crippen LogP contribution is -2.24. The third-order valence-corrected chi connectivity index (χ3v) is 1.84. The van der Waals surface area contributed by atoms with Crippen LogP contribution in [-0.4, -0.2) is 25.0 Å². The summed E-state index contributed by atoms with van der Waals surface area (Å²) in [6.45, 7) is 8.22. The van der Waals surface area contributed by atoms with E-state index >= 15 is 0 Å². The lowest BCUT2D eigenvalue weighted by Gasteiger charge is -2.15. The Bertz CT molecular complexity index is 274. The molecule has 0 saturated carbocycles. The Labute approximate surface area is 86.8 Å². The molecule has 0 radical (unpaired) electrons. The second kappa shape index (κ2) is 3.74. The van der Waals surface area contributed by atoms with Gasteiger partial charge in [-0.2, -0.15) is 4.80 Å². The summed E-state index contributed by atoms with van der Waals surface area (Å²) in [6.07, 6.45) is 0.816. The van der Waals surface area contributed by atoms with E-state index in [4.69, 9.17) is 0 Å². The minimum atomic E-state index is -0.0825. The molecule has 0 amide bonds. The van der Waals surface area contributed by atoms with Crippen LogP contribution in [0.1, 0.15) is 33.5 Å². The SMILES string of the molecule is CC(Br)Cc1nnn(C(C)(C)C)n1. The molecular weight excluding hydrogens is 232 g/mol. The first-order valence-electron chi connectivity index (χ1n) is 4.33. The normalized spacial score (nSPS) is 14.5. The van der Waals surface area contributed by atoms with Crippen molar-refractivity contribution >= 4 is 15.9 Å². The molecule has 0 fully saturated rings. The van der Waals surface area contributed by atoms with Crippen LogP contribution in [-0.2, 0) is 12.0 Å². The standard InChI is InChI=1S/C8H15BrN4/c1-6(9)5-7-10-12-13(11-7)8(2,3)4/h6H,5H2,1-4H3. The highest BCUT2D eigenvalue weighted by Crippen LogP contribution is 2.10. The number of hydrogen-bond acceptors (Lipinski definition) is 3. The number of alkyl halides is 1. The number of tetrazole rings is 1. The van der Waals surface area contributed by atoms with Crippen LogP contribution < -0.4 is 0 Å². The van der Waals surface area contributed by atoms with Gasteiger partial charge in [0.05, 0.1) is 5.54 Å². The van der Waals surface area contributed by atoms with Crippen LogP contribution in [0.4, 0.5) is 0 Å². The van der Waals surface area contributed by atoms with Gasteiger partial charge in [0.2, 0.25) is 0 Å². The fraction of sp³-hybridized carbons (Fsp3) is 0.875. The van der Waals surface area contributed by atoms with Crippen molar-refractivity contribution in [2.45, 2.75) is 44.5 Å². The molecule has 5 heteroatoms. The molecule has 0 spiro atoms. The maximum atomic E-state index is 4.29. The summed E-state index contributed by atoms with van der Waals surface area (Å²) in [5.41, 5.74) is -0.0825. The zero-order valence-electron chi connectivity index (χ0n) is 8.45. The van der Waals surface area contributed by atoms with Crippen molar-refractivity contribution in [2.75, 3.05) is 0 Å². The zero-order chi connectivity index (χ0) is 10.1. The topological polar surface area (TPSA) is 43.6 Å². The van der Waals surface area contributed by atoms with Crippen LogP contribution >= 0.6 is 15.9 Å². The second-order valence-corrected chi connectivity index (χ2v) is 5.71. The van der Waals surface area contributed by atoms with Crippen LogP contribution in [0.15, 0.2) is 0 Å². The molecule has 0 aliphatic heterocycles. The molecule has 0 saturated heterocycles. The van der Waals surface area contributed by atoms with E-state index in [1.807, 2.05) is 0 Å². The van der Waals surface area contributed by atoms with Gasteiger partial charge in [0.1, 0.15) is 0 Å². The Morgan fingerprint density at radius 2 is 2.08 bits per heavy atom. The molecule has 1 rings (SSSR count). The van der Waals surface area contributed by atoms with Gasteiger partial charge < -0.3 is 0 Å². The van der Waals surface area contributed by atoms with E-state index < -0.39 is 0 Å². The van der Waals surface area contributed by atoms with Crippen molar-refractivity contribution in [1.29, 1.82) is 0 Å². The molecule has 13 heavy (non-hydrogen) atoms. The van der Waals surface area contributed by atoms with Gasteiger partial charge in [0.15, 0.2) is 5.82 Å². The molecule has 0 aliphatic rings. The summed E-state index contributed by atoms with van der Waals surface area (Å²) in [5, 5.41) is 12.3. The van der Waals surface area contributed by atoms with E-state index in [0.717, 1.165) is 12.2 Å². The van der Waals surface area contributed by atoms with Gasteiger partial charge in [-0.15, -0.1) is 10.2 Å². The molecule has 74 valence electrons. The van der Waals surface area contributed by atoms with E-state index in [0.29, 0.717) is 4.83 Å². The van der Waals surface area contributed by atoms with E-state index in [2.05, 4.69) is 59.0 Å². The average Bonchev–Trinajstić information content (AvgIpc) is 2.32. The predicted molar refractivity (Wildman–Crippen MR) is 54.9 cm³/mol. The van der Waals surface area contributed by atoms with Crippen molar-refractivity contribution < 1.29 is 0 Å². The van der Waals surface area contributed by atoms with Crippen molar-refractivity contribution in [3.63, 3.8) is 0 Å². The quantitative estimate of drug-likeness (QED) is 0.748. The van der Waals surface area contributed by atoms with Crippen LogP contribution in [0, 0.1) is 0 Å². The van der Waals surface area contributed by atoms with Gasteiger partial charge in [-0.3, -0.25) is 0 Å². The lowest BCUT2D eigenvalue weighted by atomic mass is 10.1. The van der Waals surface area contributed by atoms with Crippen LogP contribution in [0.2, 0.25) is 0 Å². The smallest absolute Gasteiger partial charge is 0.159 e. The Morgan fingerprint density at radius 3 is 2.46 bits per heavy atom. The van der Waals surface area contributed by atoms with Crippen LogP contribution in [0.3, 0.4) is 0 Å². The number of hydrogen-bond donors (Lipinski definition) is 0. The Morgan fingerprint density at radius 1 is 1.46 bits per heavy atom. The first kappa shape index (κ1) is 10.6. The average molecular weight is 247 g/mol. The molecule has 0 N–H and O–H groups in total. The highest BCUT2D eigenvalue weighted by Gasteiger charge is 2.17. The molecular formula is C8H15BrN4. The van der Waals surface area contributed by atoms with Gasteiger partial charge in [-0.1, -0.05) is 22.9 Å². The molecule has 0 aromatic carbocycles. The third-order valence-electron chi connectivity index (χ3n) is 1.52. The summed E-state index contributed by atoms with van der Waals surface area (Å²) in [6, 6.07) is 0. The van der Waals surface area contributed by atoms with Crippen molar-refractivity contribution in [3.8, 4) is 0 Å². The van der Waals surface area contributed by atoms with Crippen molar-refractivity contribution in [3.05, 3.63) is 5.82 Å². The largest absolute Gasteiger partial charge is 0.175 e. The van der Waals surface area contributed by atoms with Crippen molar-refractivity contribution in [2.24, 2.45) is 0 Å². The zero-order valence-corrected chi connectivity index (χ0v) is 10.0. The van der Waals surface area contributed by atoms with Gasteiger partial charge in [-0.05, 0) is 26.0 Å². The monoisotopic (exact) mass is 246 g/mol. The van der Waals surface area contributed by atoms with E-state index in [9.17, 15) is 0 Å². The number of halogens is 1. The Kier molecular flexibility index (Phi) is 3.05. The molecule has 4 nitrogen and oxygen atoms in total. The summed E-state index contributed by atoms with van der Waals surface area (Å²) in [4.78, 5) is 2.04. The summed E-state index contributed by atoms with van der Waals surface area (Å²) in [5.74, 6) is 0.791. The number of rotatable bonds is 2. The van der Waals surface area contributed by atoms with E-state index in [1.165, 1.54) is 0 Å². The predicted octanol–water partition coefficient (Wildman–Crippen LogP) is 1.75. The van der Waals surface area contributed by atoms with E-state index in [-0.39, 0.29) is 5.54 Å². The van der Waals surface area contributed by atoms with Crippen LogP contribution in [0.5, 0.6) is 0 Å². The second-order valence-electron chi connectivity index (χ2n) is 4.15. The minimum absolute atomic E-state index is 0.0825. The van der Waals surface area contributed by atoms with Crippen LogP contribution in [0.25, 0.3) is 0 Å². The molecule has 1 heterocycles. The molecule has 1 atom stereocenters. The van der Waals surface area contributed by atoms with Gasteiger partial charge in [-0.25, -0.2) is 0 Å². The Balaban J connectivity index is 2.75. The number of aromatic nitrogens is 4. The maximum absolute atomic E-state index is 4.29. The van der Waals surface area contributed by atoms with Crippen molar-refractivity contribution in [1.82, 2.24) is 20.2 Å². The Hall–Kier alpha value is -0.450. The molecule has 1 unspecified atom stereocenters. The third kappa shape index (κ3) is 3.06. The lowest BCUT2D eigenvalue weighted by molar-refractivity contribution is 0.305. The summed E-state index contributed by atoms with van der Waals surface area (Å²) < 4.78 is 0. The fourth-order valence-corrected chi connectivity index (χ4v) is 1.15. The summed E-state index contributed by atoms with van der Waals surface area (Å²) in [7, 11) is 0. The highest BCUT2D eigenvalue weighted by atomic mass is 79.9. The molecule has 1 aromatic heterocycles. The first-order valence-corrected chi connectivity index (χ1v) is 5.24. The molecule has 0 bridgehead atoms. The fourth-order valence-electron chi connectivity index (χ4n) is 0.861. The first-order chi connectivity index (χ1) is 5.89. The van der Waals surface area contributed by atoms with Gasteiger partial charge in [0.25, 0.3) is 0 Å². The maximum Gasteiger partial charge on any atom is 0.175 e. The minimum Gasteiger partial charge on any atom is -0.159 e. The molecule has 0 aliphatic carbocycles. The molecule has 1 aromatic rings. The van der Waals surface area contributed by atoms with Gasteiger partial charge in [0, 0.05) is 11.2 Å².